The summed E-state index contributed by atoms with van der Waals surface area (Å²) in [5, 5.41) is 8.95. The first-order valence-electron chi connectivity index (χ1n) is 5.57. The summed E-state index contributed by atoms with van der Waals surface area (Å²) in [5.41, 5.74) is 0. The number of carbonyl (C=O) groups is 1. The molecule has 0 aliphatic rings. The molecule has 0 aromatic carbocycles. The average molecular weight is 290 g/mol. The lowest BCUT2D eigenvalue weighted by Crippen LogP contribution is -2.35. The molecule has 0 fully saturated rings. The van der Waals surface area contributed by atoms with Crippen LogP contribution in [0, 0.1) is 17.7 Å². The fourth-order valence-corrected chi connectivity index (χ4v) is 2.46. The number of rotatable bonds is 6. The maximum Gasteiger partial charge on any atom is 0.308 e. The number of sulfonamides is 1. The average Bonchev–Trinajstić information content (AvgIpc) is 2.28. The third kappa shape index (κ3) is 4.25. The number of halogens is 1. The highest BCUT2D eigenvalue weighted by Gasteiger charge is 2.24. The number of aromatic nitrogens is 1. The van der Waals surface area contributed by atoms with Crippen molar-refractivity contribution < 1.29 is 22.7 Å². The van der Waals surface area contributed by atoms with Crippen molar-refractivity contribution in [2.75, 3.05) is 6.54 Å². The number of carboxylic acids is 1. The number of nitrogens with one attached hydrogen (secondary N) is 1. The van der Waals surface area contributed by atoms with Crippen molar-refractivity contribution in [3.05, 3.63) is 24.3 Å². The molecule has 106 valence electrons. The van der Waals surface area contributed by atoms with Crippen molar-refractivity contribution in [3.63, 3.8) is 0 Å². The van der Waals surface area contributed by atoms with Crippen molar-refractivity contribution in [1.29, 1.82) is 0 Å². The molecule has 0 spiro atoms. The van der Waals surface area contributed by atoms with E-state index in [0.717, 1.165) is 18.5 Å². The summed E-state index contributed by atoms with van der Waals surface area (Å²) in [6, 6.07) is 0.820. The minimum atomic E-state index is -3.96. The summed E-state index contributed by atoms with van der Waals surface area (Å²) < 4.78 is 38.7. The monoisotopic (exact) mass is 290 g/mol. The van der Waals surface area contributed by atoms with Crippen LogP contribution in [0.25, 0.3) is 0 Å². The van der Waals surface area contributed by atoms with Gasteiger partial charge < -0.3 is 5.11 Å². The Labute approximate surface area is 110 Å². The number of hydrogen-bond acceptors (Lipinski definition) is 4. The zero-order chi connectivity index (χ0) is 14.6. The molecule has 6 nitrogen and oxygen atoms in total. The van der Waals surface area contributed by atoms with Crippen molar-refractivity contribution in [2.24, 2.45) is 11.8 Å². The second kappa shape index (κ2) is 6.07. The van der Waals surface area contributed by atoms with Gasteiger partial charge in [-0.15, -0.1) is 0 Å². The molecule has 19 heavy (non-hydrogen) atoms. The highest BCUT2D eigenvalue weighted by Crippen LogP contribution is 2.13. The van der Waals surface area contributed by atoms with Crippen LogP contribution >= 0.6 is 0 Å². The van der Waals surface area contributed by atoms with Gasteiger partial charge in [0.25, 0.3) is 0 Å². The second-order valence-electron chi connectivity index (χ2n) is 4.38. The van der Waals surface area contributed by atoms with E-state index >= 15 is 0 Å². The van der Waals surface area contributed by atoms with Gasteiger partial charge in [0, 0.05) is 12.7 Å². The van der Waals surface area contributed by atoms with Gasteiger partial charge in [-0.05, 0) is 12.0 Å². The Hall–Kier alpha value is -1.54. The molecule has 8 heteroatoms. The lowest BCUT2D eigenvalue weighted by molar-refractivity contribution is -0.142. The minimum absolute atomic E-state index is 0.231. The Balaban J connectivity index is 2.84. The highest BCUT2D eigenvalue weighted by atomic mass is 32.2. The molecule has 1 aromatic heterocycles. The highest BCUT2D eigenvalue weighted by molar-refractivity contribution is 7.89. The fourth-order valence-electron chi connectivity index (χ4n) is 1.43. The van der Waals surface area contributed by atoms with E-state index in [-0.39, 0.29) is 17.4 Å². The molecular formula is C11H15FN2O4S. The first-order chi connectivity index (χ1) is 8.74. The zero-order valence-electron chi connectivity index (χ0n) is 10.5. The van der Waals surface area contributed by atoms with Gasteiger partial charge in [0.15, 0.2) is 0 Å². The molecule has 1 unspecified atom stereocenters. The van der Waals surface area contributed by atoms with Crippen LogP contribution in [0.15, 0.2) is 23.4 Å². The molecule has 0 saturated heterocycles. The Morgan fingerprint density at radius 3 is 2.58 bits per heavy atom. The third-order valence-corrected chi connectivity index (χ3v) is 4.00. The maximum atomic E-state index is 12.9. The summed E-state index contributed by atoms with van der Waals surface area (Å²) in [7, 11) is -3.96. The summed E-state index contributed by atoms with van der Waals surface area (Å²) in [5.74, 6) is -2.95. The van der Waals surface area contributed by atoms with Gasteiger partial charge in [-0.3, -0.25) is 9.78 Å². The first kappa shape index (κ1) is 15.5. The van der Waals surface area contributed by atoms with Crippen LogP contribution in [0.4, 0.5) is 4.39 Å². The third-order valence-electron chi connectivity index (χ3n) is 2.61. The van der Waals surface area contributed by atoms with Crippen LogP contribution in [-0.2, 0) is 14.8 Å². The molecule has 0 saturated carbocycles. The van der Waals surface area contributed by atoms with E-state index in [1.165, 1.54) is 0 Å². The molecule has 1 atom stereocenters. The Bertz CT molecular complexity index is 560. The predicted octanol–water partition coefficient (Wildman–Crippen LogP) is 0.856. The molecule has 0 bridgehead atoms. The Morgan fingerprint density at radius 1 is 1.47 bits per heavy atom. The second-order valence-corrected chi connectivity index (χ2v) is 6.15. The fraction of sp³-hybridized carbons (Fsp3) is 0.455. The van der Waals surface area contributed by atoms with Crippen LogP contribution < -0.4 is 4.72 Å². The number of pyridine rings is 1. The van der Waals surface area contributed by atoms with E-state index in [1.807, 2.05) is 0 Å². The topological polar surface area (TPSA) is 96.4 Å². The van der Waals surface area contributed by atoms with Gasteiger partial charge >= 0.3 is 5.97 Å². The zero-order valence-corrected chi connectivity index (χ0v) is 11.3. The van der Waals surface area contributed by atoms with Crippen LogP contribution in [0.2, 0.25) is 0 Å². The molecule has 1 aromatic rings. The first-order valence-corrected chi connectivity index (χ1v) is 7.05. The number of nitrogens with zero attached hydrogens (tertiary/aromatic N) is 1. The Kier molecular flexibility index (Phi) is 4.96. The van der Waals surface area contributed by atoms with Crippen LogP contribution in [-0.4, -0.2) is 31.0 Å². The van der Waals surface area contributed by atoms with Crippen molar-refractivity contribution in [3.8, 4) is 0 Å². The molecule has 0 aliphatic carbocycles. The van der Waals surface area contributed by atoms with Gasteiger partial charge in [0.1, 0.15) is 10.7 Å². The minimum Gasteiger partial charge on any atom is -0.481 e. The van der Waals surface area contributed by atoms with Crippen molar-refractivity contribution in [2.45, 2.75) is 18.7 Å². The SMILES string of the molecule is CC(C)C(CNS(=O)(=O)c1cncc(F)c1)C(=O)O. The predicted molar refractivity (Wildman–Crippen MR) is 65.3 cm³/mol. The normalized spacial score (nSPS) is 13.5. The van der Waals surface area contributed by atoms with E-state index < -0.39 is 27.7 Å². The van der Waals surface area contributed by atoms with Crippen LogP contribution in [0.5, 0.6) is 0 Å². The van der Waals surface area contributed by atoms with Crippen LogP contribution in [0.1, 0.15) is 13.8 Å². The van der Waals surface area contributed by atoms with E-state index in [9.17, 15) is 17.6 Å². The number of aliphatic carboxylic acids is 1. The van der Waals surface area contributed by atoms with Gasteiger partial charge in [-0.2, -0.15) is 0 Å². The lowest BCUT2D eigenvalue weighted by Gasteiger charge is -2.16. The molecule has 1 rings (SSSR count). The molecule has 0 radical (unpaired) electrons. The molecule has 0 amide bonds. The smallest absolute Gasteiger partial charge is 0.308 e. The molecule has 2 N–H and O–H groups in total. The summed E-state index contributed by atoms with van der Waals surface area (Å²) in [4.78, 5) is 14.0. The Morgan fingerprint density at radius 2 is 2.11 bits per heavy atom. The van der Waals surface area contributed by atoms with Gasteiger partial charge in [0.2, 0.25) is 10.0 Å². The summed E-state index contributed by atoms with van der Waals surface area (Å²) in [6.07, 6.45) is 1.88. The molecular weight excluding hydrogens is 275 g/mol. The molecule has 0 aliphatic heterocycles. The van der Waals surface area contributed by atoms with Gasteiger partial charge in [-0.1, -0.05) is 13.8 Å². The van der Waals surface area contributed by atoms with E-state index in [1.54, 1.807) is 13.8 Å². The van der Waals surface area contributed by atoms with Crippen molar-refractivity contribution >= 4 is 16.0 Å². The van der Waals surface area contributed by atoms with Crippen molar-refractivity contribution in [1.82, 2.24) is 9.71 Å². The van der Waals surface area contributed by atoms with Gasteiger partial charge in [-0.25, -0.2) is 17.5 Å². The van der Waals surface area contributed by atoms with Gasteiger partial charge in [0.05, 0.1) is 12.1 Å². The maximum absolute atomic E-state index is 12.9. The van der Waals surface area contributed by atoms with Crippen LogP contribution in [0.3, 0.4) is 0 Å². The van der Waals surface area contributed by atoms with E-state index in [0.29, 0.717) is 0 Å². The largest absolute Gasteiger partial charge is 0.481 e. The quantitative estimate of drug-likeness (QED) is 0.810. The summed E-state index contributed by atoms with van der Waals surface area (Å²) in [6.45, 7) is 3.10. The summed E-state index contributed by atoms with van der Waals surface area (Å²) >= 11 is 0. The van der Waals surface area contributed by atoms with E-state index in [2.05, 4.69) is 9.71 Å². The lowest BCUT2D eigenvalue weighted by atomic mass is 9.97. The number of carboxylic acid groups (broad SMARTS) is 1. The van der Waals surface area contributed by atoms with E-state index in [4.69, 9.17) is 5.11 Å². The molecule has 1 heterocycles. The standard InChI is InChI=1S/C11H15FN2O4S/c1-7(2)10(11(15)16)6-14-19(17,18)9-3-8(12)4-13-5-9/h3-5,7,10,14H,6H2,1-2H3,(H,15,16). The number of hydrogen-bond donors (Lipinski definition) is 2.